The molecule has 1 N–H and O–H groups in total. The van der Waals surface area contributed by atoms with E-state index in [0.29, 0.717) is 5.02 Å². The number of hydrogen-bond donors (Lipinski definition) is 1. The molecular formula is C10H13ClO2. The summed E-state index contributed by atoms with van der Waals surface area (Å²) in [6.07, 6.45) is 0. The zero-order valence-corrected chi connectivity index (χ0v) is 8.77. The fourth-order valence-electron chi connectivity index (χ4n) is 1.32. The first-order chi connectivity index (χ1) is 6.11. The molecule has 1 aromatic carbocycles. The number of hydrogen-bond acceptors (Lipinski definition) is 2. The molecule has 13 heavy (non-hydrogen) atoms. The van der Waals surface area contributed by atoms with E-state index in [4.69, 9.17) is 21.4 Å². The van der Waals surface area contributed by atoms with E-state index in [2.05, 4.69) is 0 Å². The maximum absolute atomic E-state index is 9.10. The fraction of sp³-hybridized carbons (Fsp3) is 0.400. The van der Waals surface area contributed by atoms with Crippen LogP contribution in [0, 0.1) is 13.8 Å². The second-order valence-electron chi connectivity index (χ2n) is 2.97. The summed E-state index contributed by atoms with van der Waals surface area (Å²) in [4.78, 5) is 0. The van der Waals surface area contributed by atoms with Crippen LogP contribution in [0.4, 0.5) is 0 Å². The third-order valence-electron chi connectivity index (χ3n) is 2.16. The van der Waals surface area contributed by atoms with Crippen molar-refractivity contribution in [3.8, 4) is 5.75 Å². The molecule has 2 nitrogen and oxygen atoms in total. The lowest BCUT2D eigenvalue weighted by molar-refractivity contribution is 0.280. The molecule has 3 heteroatoms. The molecule has 0 aromatic heterocycles. The highest BCUT2D eigenvalue weighted by atomic mass is 35.5. The van der Waals surface area contributed by atoms with E-state index in [1.54, 1.807) is 7.11 Å². The summed E-state index contributed by atoms with van der Waals surface area (Å²) in [5.41, 5.74) is 2.58. The Bertz CT molecular complexity index is 321. The van der Waals surface area contributed by atoms with Crippen molar-refractivity contribution in [2.45, 2.75) is 20.5 Å². The molecule has 0 unspecified atom stereocenters. The van der Waals surface area contributed by atoms with Gasteiger partial charge in [0.15, 0.2) is 0 Å². The Labute approximate surface area is 83.1 Å². The maximum Gasteiger partial charge on any atom is 0.122 e. The Morgan fingerprint density at radius 1 is 1.46 bits per heavy atom. The van der Waals surface area contributed by atoms with E-state index < -0.39 is 0 Å². The molecule has 0 radical (unpaired) electrons. The van der Waals surface area contributed by atoms with Gasteiger partial charge in [0.2, 0.25) is 0 Å². The molecule has 0 fully saturated rings. The Balaban J connectivity index is 3.39. The standard InChI is InChI=1S/C10H13ClO2/c1-6-4-9(13-3)7(2)8(5-12)10(6)11/h4,12H,5H2,1-3H3. The molecule has 1 rings (SSSR count). The average molecular weight is 201 g/mol. The van der Waals surface area contributed by atoms with Gasteiger partial charge in [-0.3, -0.25) is 0 Å². The van der Waals surface area contributed by atoms with Crippen LogP contribution in [0.1, 0.15) is 16.7 Å². The molecule has 0 amide bonds. The van der Waals surface area contributed by atoms with Gasteiger partial charge in [0.05, 0.1) is 13.7 Å². The summed E-state index contributed by atoms with van der Waals surface area (Å²) in [6.45, 7) is 3.72. The van der Waals surface area contributed by atoms with Gasteiger partial charge in [-0.15, -0.1) is 0 Å². The largest absolute Gasteiger partial charge is 0.496 e. The van der Waals surface area contributed by atoms with Crippen LogP contribution < -0.4 is 4.74 Å². The highest BCUT2D eigenvalue weighted by Crippen LogP contribution is 2.31. The molecule has 0 aliphatic rings. The van der Waals surface area contributed by atoms with Gasteiger partial charge in [-0.05, 0) is 31.0 Å². The lowest BCUT2D eigenvalue weighted by Gasteiger charge is -2.12. The van der Waals surface area contributed by atoms with Crippen molar-refractivity contribution < 1.29 is 9.84 Å². The number of aliphatic hydroxyl groups excluding tert-OH is 1. The van der Waals surface area contributed by atoms with Gasteiger partial charge in [-0.2, -0.15) is 0 Å². The topological polar surface area (TPSA) is 29.5 Å². The quantitative estimate of drug-likeness (QED) is 0.795. The average Bonchev–Trinajstić information content (AvgIpc) is 2.12. The van der Waals surface area contributed by atoms with Crippen LogP contribution in [0.3, 0.4) is 0 Å². The maximum atomic E-state index is 9.10. The first-order valence-corrected chi connectivity index (χ1v) is 4.43. The number of methoxy groups -OCH3 is 1. The lowest BCUT2D eigenvalue weighted by atomic mass is 10.0. The Hall–Kier alpha value is -0.730. The van der Waals surface area contributed by atoms with Gasteiger partial charge < -0.3 is 9.84 Å². The van der Waals surface area contributed by atoms with Crippen LogP contribution in [-0.2, 0) is 6.61 Å². The van der Waals surface area contributed by atoms with Crippen LogP contribution in [0.15, 0.2) is 6.07 Å². The number of aryl methyl sites for hydroxylation is 1. The summed E-state index contributed by atoms with van der Waals surface area (Å²) in [6, 6.07) is 1.87. The van der Waals surface area contributed by atoms with Crippen LogP contribution in [-0.4, -0.2) is 12.2 Å². The molecule has 72 valence electrons. The third kappa shape index (κ3) is 1.79. The molecule has 0 bridgehead atoms. The van der Waals surface area contributed by atoms with E-state index in [1.807, 2.05) is 19.9 Å². The summed E-state index contributed by atoms with van der Waals surface area (Å²) in [5.74, 6) is 0.769. The van der Waals surface area contributed by atoms with Crippen LogP contribution in [0.2, 0.25) is 5.02 Å². The molecule has 0 spiro atoms. The fourth-order valence-corrected chi connectivity index (χ4v) is 1.58. The van der Waals surface area contributed by atoms with Crippen LogP contribution in [0.5, 0.6) is 5.75 Å². The predicted octanol–water partition coefficient (Wildman–Crippen LogP) is 2.46. The Morgan fingerprint density at radius 3 is 2.54 bits per heavy atom. The van der Waals surface area contributed by atoms with Gasteiger partial charge >= 0.3 is 0 Å². The van der Waals surface area contributed by atoms with Gasteiger partial charge in [0.1, 0.15) is 5.75 Å². The van der Waals surface area contributed by atoms with Gasteiger partial charge in [-0.1, -0.05) is 11.6 Å². The molecule has 0 aliphatic heterocycles. The minimum atomic E-state index is -0.0529. The van der Waals surface area contributed by atoms with Gasteiger partial charge in [0.25, 0.3) is 0 Å². The number of rotatable bonds is 2. The van der Waals surface area contributed by atoms with Crippen molar-refractivity contribution >= 4 is 11.6 Å². The van der Waals surface area contributed by atoms with E-state index in [-0.39, 0.29) is 6.61 Å². The lowest BCUT2D eigenvalue weighted by Crippen LogP contribution is -1.97. The van der Waals surface area contributed by atoms with Crippen molar-refractivity contribution in [2.24, 2.45) is 0 Å². The number of halogens is 1. The molecular weight excluding hydrogens is 188 g/mol. The van der Waals surface area contributed by atoms with E-state index in [9.17, 15) is 0 Å². The molecule has 0 heterocycles. The smallest absolute Gasteiger partial charge is 0.122 e. The Morgan fingerprint density at radius 2 is 2.08 bits per heavy atom. The second-order valence-corrected chi connectivity index (χ2v) is 3.35. The zero-order chi connectivity index (χ0) is 10.0. The minimum absolute atomic E-state index is 0.0529. The molecule has 0 aliphatic carbocycles. The van der Waals surface area contributed by atoms with Crippen LogP contribution in [0.25, 0.3) is 0 Å². The van der Waals surface area contributed by atoms with E-state index in [0.717, 1.165) is 22.4 Å². The minimum Gasteiger partial charge on any atom is -0.496 e. The van der Waals surface area contributed by atoms with Gasteiger partial charge in [0, 0.05) is 10.6 Å². The zero-order valence-electron chi connectivity index (χ0n) is 8.02. The summed E-state index contributed by atoms with van der Waals surface area (Å²) >= 11 is 6.01. The van der Waals surface area contributed by atoms with Crippen molar-refractivity contribution in [2.75, 3.05) is 7.11 Å². The molecule has 0 saturated heterocycles. The van der Waals surface area contributed by atoms with Gasteiger partial charge in [-0.25, -0.2) is 0 Å². The predicted molar refractivity (Wildman–Crippen MR) is 53.4 cm³/mol. The number of benzene rings is 1. The highest BCUT2D eigenvalue weighted by molar-refractivity contribution is 6.32. The number of ether oxygens (including phenoxy) is 1. The molecule has 0 saturated carbocycles. The summed E-state index contributed by atoms with van der Waals surface area (Å²) in [5, 5.41) is 9.73. The third-order valence-corrected chi connectivity index (χ3v) is 2.69. The second kappa shape index (κ2) is 3.99. The van der Waals surface area contributed by atoms with Crippen LogP contribution >= 0.6 is 11.6 Å². The van der Waals surface area contributed by atoms with Crippen molar-refractivity contribution in [1.29, 1.82) is 0 Å². The van der Waals surface area contributed by atoms with E-state index >= 15 is 0 Å². The van der Waals surface area contributed by atoms with Crippen molar-refractivity contribution in [3.63, 3.8) is 0 Å². The van der Waals surface area contributed by atoms with Crippen molar-refractivity contribution in [1.82, 2.24) is 0 Å². The summed E-state index contributed by atoms with van der Waals surface area (Å²) < 4.78 is 5.15. The monoisotopic (exact) mass is 200 g/mol. The van der Waals surface area contributed by atoms with E-state index in [1.165, 1.54) is 0 Å². The molecule has 0 atom stereocenters. The SMILES string of the molecule is COc1cc(C)c(Cl)c(CO)c1C. The summed E-state index contributed by atoms with van der Waals surface area (Å²) in [7, 11) is 1.61. The Kier molecular flexibility index (Phi) is 3.17. The first-order valence-electron chi connectivity index (χ1n) is 4.05. The first kappa shape index (κ1) is 10.4. The number of aliphatic hydroxyl groups is 1. The van der Waals surface area contributed by atoms with Crippen molar-refractivity contribution in [3.05, 3.63) is 27.8 Å². The highest BCUT2D eigenvalue weighted by Gasteiger charge is 2.10. The normalized spacial score (nSPS) is 10.2. The molecule has 1 aromatic rings.